The summed E-state index contributed by atoms with van der Waals surface area (Å²) in [5.41, 5.74) is 0.762. The molecule has 0 N–H and O–H groups in total. The topological polar surface area (TPSA) is 27.7 Å². The van der Waals surface area contributed by atoms with Gasteiger partial charge in [0.15, 0.2) is 0 Å². The molecule has 0 heterocycles. The lowest BCUT2D eigenvalue weighted by molar-refractivity contribution is 0.0715. The minimum absolute atomic E-state index is 0.0286. The fraction of sp³-hybridized carbons (Fsp3) is 0.429. The summed E-state index contributed by atoms with van der Waals surface area (Å²) in [7, 11) is 3.26. The van der Waals surface area contributed by atoms with Gasteiger partial charge in [-0.3, -0.25) is 0 Å². The minimum atomic E-state index is 0.0286. The Bertz CT molecular complexity index is 434. The van der Waals surface area contributed by atoms with E-state index in [1.54, 1.807) is 14.2 Å². The third kappa shape index (κ3) is 4.48. The lowest BCUT2D eigenvalue weighted by Gasteiger charge is -2.13. The van der Waals surface area contributed by atoms with Crippen molar-refractivity contribution in [3.8, 4) is 23.3 Å². The summed E-state index contributed by atoms with van der Waals surface area (Å²) in [6.45, 7) is 2.41. The number of hydrogen-bond acceptors (Lipinski definition) is 3. The highest BCUT2D eigenvalue weighted by Crippen LogP contribution is 2.23. The van der Waals surface area contributed by atoms with Gasteiger partial charge in [-0.15, -0.1) is 11.6 Å². The Morgan fingerprint density at radius 2 is 2.11 bits per heavy atom. The van der Waals surface area contributed by atoms with Crippen molar-refractivity contribution in [1.82, 2.24) is 0 Å². The Labute approximate surface area is 113 Å². The number of benzene rings is 1. The Hall–Kier alpha value is -1.37. The highest BCUT2D eigenvalue weighted by Gasteiger charge is 2.06. The molecule has 98 valence electrons. The zero-order chi connectivity index (χ0) is 13.4. The van der Waals surface area contributed by atoms with Gasteiger partial charge in [0.05, 0.1) is 24.7 Å². The van der Waals surface area contributed by atoms with Crippen molar-refractivity contribution in [2.75, 3.05) is 26.7 Å². The van der Waals surface area contributed by atoms with Crippen LogP contribution in [0.15, 0.2) is 18.2 Å². The number of rotatable bonds is 5. The van der Waals surface area contributed by atoms with Gasteiger partial charge >= 0.3 is 0 Å². The lowest BCUT2D eigenvalue weighted by Crippen LogP contribution is -2.16. The fourth-order valence-electron chi connectivity index (χ4n) is 1.26. The second-order valence-electron chi connectivity index (χ2n) is 3.65. The monoisotopic (exact) mass is 268 g/mol. The molecule has 0 spiro atoms. The number of methoxy groups -OCH3 is 2. The van der Waals surface area contributed by atoms with E-state index in [-0.39, 0.29) is 12.0 Å². The van der Waals surface area contributed by atoms with Crippen LogP contribution >= 0.6 is 11.6 Å². The average Bonchev–Trinajstić information content (AvgIpc) is 2.42. The zero-order valence-corrected chi connectivity index (χ0v) is 11.6. The summed E-state index contributed by atoms with van der Waals surface area (Å²) in [5, 5.41) is 0. The molecule has 4 heteroatoms. The van der Waals surface area contributed by atoms with Gasteiger partial charge in [0, 0.05) is 7.11 Å². The van der Waals surface area contributed by atoms with Crippen molar-refractivity contribution in [2.45, 2.75) is 13.0 Å². The normalized spacial score (nSPS) is 11.3. The van der Waals surface area contributed by atoms with Crippen molar-refractivity contribution in [3.63, 3.8) is 0 Å². The van der Waals surface area contributed by atoms with Crippen molar-refractivity contribution in [1.29, 1.82) is 0 Å². The molecule has 0 amide bonds. The first-order valence-corrected chi connectivity index (χ1v) is 6.13. The number of alkyl halides is 1. The van der Waals surface area contributed by atoms with Crippen LogP contribution in [0.4, 0.5) is 0 Å². The van der Waals surface area contributed by atoms with E-state index in [9.17, 15) is 0 Å². The molecule has 0 aliphatic heterocycles. The first kappa shape index (κ1) is 14.7. The Kier molecular flexibility index (Phi) is 6.42. The maximum absolute atomic E-state index is 5.66. The van der Waals surface area contributed by atoms with Gasteiger partial charge in [0.25, 0.3) is 0 Å². The summed E-state index contributed by atoms with van der Waals surface area (Å²) in [6.07, 6.45) is 0.0286. The quantitative estimate of drug-likeness (QED) is 0.607. The molecule has 1 aromatic carbocycles. The zero-order valence-electron chi connectivity index (χ0n) is 10.8. The standard InChI is InChI=1S/C14H17ClO3/c1-11(16-2)10-18-14-7-6-13(17-3)9-12(14)5-4-8-15/h6-7,9,11H,8,10H2,1-3H3. The SMILES string of the molecule is COc1ccc(OCC(C)OC)c(C#CCCl)c1. The molecule has 0 radical (unpaired) electrons. The van der Waals surface area contributed by atoms with Crippen LogP contribution in [-0.2, 0) is 4.74 Å². The second-order valence-corrected chi connectivity index (χ2v) is 3.92. The molecule has 0 aromatic heterocycles. The molecule has 3 nitrogen and oxygen atoms in total. The van der Waals surface area contributed by atoms with Crippen LogP contribution in [0.5, 0.6) is 11.5 Å². The molecule has 18 heavy (non-hydrogen) atoms. The van der Waals surface area contributed by atoms with Gasteiger partial charge in [0.1, 0.15) is 18.1 Å². The van der Waals surface area contributed by atoms with Crippen LogP contribution in [0.25, 0.3) is 0 Å². The highest BCUT2D eigenvalue weighted by atomic mass is 35.5. The van der Waals surface area contributed by atoms with Crippen molar-refractivity contribution in [3.05, 3.63) is 23.8 Å². The molecule has 0 fully saturated rings. The lowest BCUT2D eigenvalue weighted by atomic mass is 10.2. The van der Waals surface area contributed by atoms with E-state index in [2.05, 4.69) is 11.8 Å². The first-order chi connectivity index (χ1) is 8.71. The minimum Gasteiger partial charge on any atom is -0.497 e. The van der Waals surface area contributed by atoms with Gasteiger partial charge in [-0.2, -0.15) is 0 Å². The van der Waals surface area contributed by atoms with Crippen molar-refractivity contribution >= 4 is 11.6 Å². The largest absolute Gasteiger partial charge is 0.497 e. The fourth-order valence-corrected chi connectivity index (χ4v) is 1.33. The molecule has 1 aromatic rings. The number of ether oxygens (including phenoxy) is 3. The molecule has 0 saturated carbocycles. The van der Waals surface area contributed by atoms with E-state index in [0.717, 1.165) is 11.3 Å². The van der Waals surface area contributed by atoms with Crippen molar-refractivity contribution in [2.24, 2.45) is 0 Å². The summed E-state index contributed by atoms with van der Waals surface area (Å²) < 4.78 is 15.9. The van der Waals surface area contributed by atoms with E-state index in [0.29, 0.717) is 12.4 Å². The third-order valence-corrected chi connectivity index (χ3v) is 2.49. The number of halogens is 1. The first-order valence-electron chi connectivity index (χ1n) is 5.59. The van der Waals surface area contributed by atoms with Crippen LogP contribution in [0, 0.1) is 11.8 Å². The summed E-state index contributed by atoms with van der Waals surface area (Å²) in [5.74, 6) is 7.48. The van der Waals surface area contributed by atoms with Crippen LogP contribution < -0.4 is 9.47 Å². The molecule has 0 aliphatic carbocycles. The second kappa shape index (κ2) is 7.86. The predicted octanol–water partition coefficient (Wildman–Crippen LogP) is 2.70. The maximum atomic E-state index is 5.66. The molecular formula is C14H17ClO3. The van der Waals surface area contributed by atoms with E-state index in [4.69, 9.17) is 25.8 Å². The van der Waals surface area contributed by atoms with Crippen LogP contribution in [-0.4, -0.2) is 32.8 Å². The van der Waals surface area contributed by atoms with Gasteiger partial charge in [-0.1, -0.05) is 11.8 Å². The Morgan fingerprint density at radius 3 is 2.72 bits per heavy atom. The van der Waals surface area contributed by atoms with Crippen LogP contribution in [0.3, 0.4) is 0 Å². The molecule has 1 atom stereocenters. The summed E-state index contributed by atoms with van der Waals surface area (Å²) in [6, 6.07) is 5.49. The molecule has 0 saturated heterocycles. The third-order valence-electron chi connectivity index (χ3n) is 2.35. The van der Waals surface area contributed by atoms with E-state index < -0.39 is 0 Å². The van der Waals surface area contributed by atoms with E-state index >= 15 is 0 Å². The van der Waals surface area contributed by atoms with Gasteiger partial charge in [-0.25, -0.2) is 0 Å². The molecule has 1 rings (SSSR count). The Morgan fingerprint density at radius 1 is 1.33 bits per heavy atom. The number of hydrogen-bond donors (Lipinski definition) is 0. The van der Waals surface area contributed by atoms with E-state index in [1.165, 1.54) is 0 Å². The Balaban J connectivity index is 2.88. The smallest absolute Gasteiger partial charge is 0.135 e. The van der Waals surface area contributed by atoms with Gasteiger partial charge in [-0.05, 0) is 25.1 Å². The maximum Gasteiger partial charge on any atom is 0.135 e. The predicted molar refractivity (Wildman–Crippen MR) is 72.6 cm³/mol. The van der Waals surface area contributed by atoms with Crippen molar-refractivity contribution < 1.29 is 14.2 Å². The van der Waals surface area contributed by atoms with Gasteiger partial charge < -0.3 is 14.2 Å². The highest BCUT2D eigenvalue weighted by molar-refractivity contribution is 6.19. The molecular weight excluding hydrogens is 252 g/mol. The summed E-state index contributed by atoms with van der Waals surface area (Å²) in [4.78, 5) is 0. The molecule has 0 bridgehead atoms. The molecule has 1 unspecified atom stereocenters. The van der Waals surface area contributed by atoms with Crippen LogP contribution in [0.1, 0.15) is 12.5 Å². The average molecular weight is 269 g/mol. The van der Waals surface area contributed by atoms with E-state index in [1.807, 2.05) is 25.1 Å². The molecule has 0 aliphatic rings. The van der Waals surface area contributed by atoms with Gasteiger partial charge in [0.2, 0.25) is 0 Å². The summed E-state index contributed by atoms with van der Waals surface area (Å²) >= 11 is 5.56. The van der Waals surface area contributed by atoms with Crippen LogP contribution in [0.2, 0.25) is 0 Å².